The molecule has 1 aromatic heterocycles. The predicted molar refractivity (Wildman–Crippen MR) is 70.9 cm³/mol. The Bertz CT molecular complexity index is 743. The largest absolute Gasteiger partial charge is 0.417 e. The van der Waals surface area contributed by atoms with Crippen LogP contribution in [0, 0.1) is 22.0 Å². The van der Waals surface area contributed by atoms with Gasteiger partial charge in [-0.15, -0.1) is 0 Å². The molecule has 0 spiro atoms. The fraction of sp³-hybridized carbons (Fsp3) is 0.0714. The van der Waals surface area contributed by atoms with Gasteiger partial charge in [-0.3, -0.25) is 0 Å². The van der Waals surface area contributed by atoms with Crippen LogP contribution in [0.15, 0.2) is 41.4 Å². The Labute approximate surface area is 122 Å². The topological polar surface area (TPSA) is 60.5 Å². The third-order valence-corrected chi connectivity index (χ3v) is 3.20. The first kappa shape index (κ1) is 14.9. The Morgan fingerprint density at radius 3 is 2.29 bits per heavy atom. The van der Waals surface area contributed by atoms with E-state index in [1.165, 1.54) is 6.07 Å². The molecule has 104 valence electrons. The van der Waals surface area contributed by atoms with Crippen LogP contribution in [-0.4, -0.2) is 4.98 Å². The van der Waals surface area contributed by atoms with Gasteiger partial charge in [-0.05, 0) is 6.07 Å². The lowest BCUT2D eigenvalue weighted by Crippen LogP contribution is -2.10. The molecule has 0 fully saturated rings. The van der Waals surface area contributed by atoms with E-state index in [4.69, 9.17) is 10.5 Å². The molecule has 0 saturated carbocycles. The highest BCUT2D eigenvalue weighted by molar-refractivity contribution is 8.03. The molecule has 0 atom stereocenters. The minimum Gasteiger partial charge on any atom is -0.239 e. The van der Waals surface area contributed by atoms with Gasteiger partial charge in [-0.2, -0.15) is 23.7 Å². The number of nitrogens with zero attached hydrogens (tertiary/aromatic N) is 3. The maximum Gasteiger partial charge on any atom is 0.417 e. The zero-order valence-corrected chi connectivity index (χ0v) is 11.2. The molecular formula is C14H6F3N3S. The monoisotopic (exact) mass is 305 g/mol. The molecule has 7 heteroatoms. The number of hydrogen-bond acceptors (Lipinski definition) is 4. The number of thiocyanates is 1. The number of benzene rings is 1. The second kappa shape index (κ2) is 5.86. The van der Waals surface area contributed by atoms with Gasteiger partial charge < -0.3 is 0 Å². The summed E-state index contributed by atoms with van der Waals surface area (Å²) >= 11 is 0.438. The summed E-state index contributed by atoms with van der Waals surface area (Å²) in [6.45, 7) is 0. The molecule has 2 aromatic rings. The third kappa shape index (κ3) is 3.15. The van der Waals surface area contributed by atoms with Gasteiger partial charge in [0.1, 0.15) is 16.5 Å². The normalized spacial score (nSPS) is 10.7. The van der Waals surface area contributed by atoms with E-state index < -0.39 is 17.3 Å². The average molecular weight is 305 g/mol. The summed E-state index contributed by atoms with van der Waals surface area (Å²) < 4.78 is 39.2. The van der Waals surface area contributed by atoms with Crippen LogP contribution in [-0.2, 0) is 6.18 Å². The summed E-state index contributed by atoms with van der Waals surface area (Å²) in [5.41, 5.74) is -1.17. The summed E-state index contributed by atoms with van der Waals surface area (Å²) in [4.78, 5) is 4.00. The molecule has 0 amide bonds. The zero-order chi connectivity index (χ0) is 15.5. The number of alkyl halides is 3. The summed E-state index contributed by atoms with van der Waals surface area (Å²) in [5, 5.41) is 19.0. The molecule has 0 aliphatic carbocycles. The van der Waals surface area contributed by atoms with Crippen molar-refractivity contribution >= 4 is 11.8 Å². The van der Waals surface area contributed by atoms with Gasteiger partial charge in [0.05, 0.1) is 16.8 Å². The second-order valence-electron chi connectivity index (χ2n) is 3.90. The van der Waals surface area contributed by atoms with E-state index in [1.54, 1.807) is 35.7 Å². The second-order valence-corrected chi connectivity index (χ2v) is 4.68. The van der Waals surface area contributed by atoms with Crippen molar-refractivity contribution in [1.29, 1.82) is 10.5 Å². The van der Waals surface area contributed by atoms with Gasteiger partial charge >= 0.3 is 6.18 Å². The number of hydrogen-bond donors (Lipinski definition) is 0. The molecule has 21 heavy (non-hydrogen) atoms. The zero-order valence-electron chi connectivity index (χ0n) is 10.3. The van der Waals surface area contributed by atoms with Gasteiger partial charge in [0.2, 0.25) is 0 Å². The van der Waals surface area contributed by atoms with Crippen molar-refractivity contribution in [2.45, 2.75) is 11.2 Å². The highest BCUT2D eigenvalue weighted by Crippen LogP contribution is 2.37. The maximum atomic E-state index is 13.1. The van der Waals surface area contributed by atoms with Crippen molar-refractivity contribution in [3.8, 4) is 22.7 Å². The molecule has 0 N–H and O–H groups in total. The maximum absolute atomic E-state index is 13.1. The summed E-state index contributed by atoms with van der Waals surface area (Å²) in [7, 11) is 0. The van der Waals surface area contributed by atoms with Crippen LogP contribution in [0.5, 0.6) is 0 Å². The fourth-order valence-electron chi connectivity index (χ4n) is 1.73. The van der Waals surface area contributed by atoms with Crippen LogP contribution in [0.25, 0.3) is 11.3 Å². The molecule has 0 radical (unpaired) electrons. The number of thioether (sulfide) groups is 1. The highest BCUT2D eigenvalue weighted by Gasteiger charge is 2.36. The first-order valence-corrected chi connectivity index (χ1v) is 6.42. The molecule has 0 unspecified atom stereocenters. The van der Waals surface area contributed by atoms with E-state index >= 15 is 0 Å². The molecule has 0 aliphatic rings. The van der Waals surface area contributed by atoms with E-state index in [-0.39, 0.29) is 10.7 Å². The van der Waals surface area contributed by atoms with Crippen LogP contribution in [0.3, 0.4) is 0 Å². The molecule has 2 rings (SSSR count). The van der Waals surface area contributed by atoms with Crippen molar-refractivity contribution in [3.63, 3.8) is 0 Å². The Balaban J connectivity index is 2.74. The smallest absolute Gasteiger partial charge is 0.239 e. The number of aromatic nitrogens is 1. The van der Waals surface area contributed by atoms with Gasteiger partial charge in [0.15, 0.2) is 0 Å². The van der Waals surface area contributed by atoms with Crippen LogP contribution in [0.4, 0.5) is 13.2 Å². The minimum atomic E-state index is -4.69. The standard InChI is InChI=1S/C14H6F3N3S/c15-14(16,17)11-6-12(9-4-2-1-3-5-9)20-13(21-8-19)10(11)7-18/h1-6H. The van der Waals surface area contributed by atoms with Crippen LogP contribution in [0.2, 0.25) is 0 Å². The van der Waals surface area contributed by atoms with Crippen molar-refractivity contribution in [2.24, 2.45) is 0 Å². The van der Waals surface area contributed by atoms with Gasteiger partial charge in [0.25, 0.3) is 0 Å². The quantitative estimate of drug-likeness (QED) is 0.616. The summed E-state index contributed by atoms with van der Waals surface area (Å²) in [6.07, 6.45) is -4.69. The van der Waals surface area contributed by atoms with Crippen LogP contribution >= 0.6 is 11.8 Å². The molecular weight excluding hydrogens is 299 g/mol. The van der Waals surface area contributed by atoms with Crippen molar-refractivity contribution in [3.05, 3.63) is 47.5 Å². The molecule has 0 bridgehead atoms. The van der Waals surface area contributed by atoms with Crippen molar-refractivity contribution in [1.82, 2.24) is 4.98 Å². The molecule has 1 aromatic carbocycles. The SMILES string of the molecule is N#CSc1nc(-c2ccccc2)cc(C(F)(F)F)c1C#N. The first-order chi connectivity index (χ1) is 9.97. The molecule has 0 saturated heterocycles. The Morgan fingerprint density at radius 2 is 1.76 bits per heavy atom. The molecule has 3 nitrogen and oxygen atoms in total. The highest BCUT2D eigenvalue weighted by atomic mass is 32.2. The van der Waals surface area contributed by atoms with E-state index in [9.17, 15) is 13.2 Å². The van der Waals surface area contributed by atoms with Crippen LogP contribution < -0.4 is 0 Å². The summed E-state index contributed by atoms with van der Waals surface area (Å²) in [5.74, 6) is 0. The van der Waals surface area contributed by atoms with Crippen molar-refractivity contribution < 1.29 is 13.2 Å². The Hall–Kier alpha value is -2.51. The van der Waals surface area contributed by atoms with E-state index in [2.05, 4.69) is 4.98 Å². The number of halogens is 3. The number of pyridine rings is 1. The lowest BCUT2D eigenvalue weighted by molar-refractivity contribution is -0.138. The lowest BCUT2D eigenvalue weighted by atomic mass is 10.1. The van der Waals surface area contributed by atoms with Gasteiger partial charge in [-0.1, -0.05) is 30.3 Å². The van der Waals surface area contributed by atoms with E-state index in [0.717, 1.165) is 6.07 Å². The molecule has 0 aliphatic heterocycles. The number of nitriles is 2. The van der Waals surface area contributed by atoms with Gasteiger partial charge in [-0.25, -0.2) is 4.98 Å². The average Bonchev–Trinajstić information content (AvgIpc) is 2.47. The van der Waals surface area contributed by atoms with Crippen molar-refractivity contribution in [2.75, 3.05) is 0 Å². The summed E-state index contributed by atoms with van der Waals surface area (Å²) in [6, 6.07) is 10.6. The van der Waals surface area contributed by atoms with Gasteiger partial charge in [0, 0.05) is 17.3 Å². The Kier molecular flexibility index (Phi) is 4.15. The minimum absolute atomic E-state index is 0.0691. The van der Waals surface area contributed by atoms with Crippen LogP contribution in [0.1, 0.15) is 11.1 Å². The first-order valence-electron chi connectivity index (χ1n) is 5.61. The lowest BCUT2D eigenvalue weighted by Gasteiger charge is -2.12. The van der Waals surface area contributed by atoms with E-state index in [1.807, 2.05) is 0 Å². The fourth-order valence-corrected chi connectivity index (χ4v) is 2.22. The number of rotatable bonds is 2. The predicted octanol–water partition coefficient (Wildman–Crippen LogP) is 4.21. The Morgan fingerprint density at radius 1 is 1.10 bits per heavy atom. The molecule has 1 heterocycles. The van der Waals surface area contributed by atoms with E-state index in [0.29, 0.717) is 17.3 Å². The third-order valence-electron chi connectivity index (χ3n) is 2.62.